The number of carbonyl (C=O) groups is 1. The lowest BCUT2D eigenvalue weighted by Crippen LogP contribution is -1.98. The van der Waals surface area contributed by atoms with E-state index in [0.717, 1.165) is 12.2 Å². The van der Waals surface area contributed by atoms with Crippen LogP contribution < -0.4 is 0 Å². The summed E-state index contributed by atoms with van der Waals surface area (Å²) in [7, 11) is 0. The maximum Gasteiger partial charge on any atom is 0.331 e. The highest BCUT2D eigenvalue weighted by Gasteiger charge is 2.04. The summed E-state index contributed by atoms with van der Waals surface area (Å²) in [5, 5.41) is 8.45. The highest BCUT2D eigenvalue weighted by Crippen LogP contribution is 2.04. The molecule has 0 aromatic heterocycles. The average molecular weight is 166 g/mol. The largest absolute Gasteiger partial charge is 0.478 e. The normalized spacial score (nSPS) is 7.42. The molecule has 0 radical (unpaired) electrons. The summed E-state index contributed by atoms with van der Waals surface area (Å²) in [4.78, 5) is 30.1. The Morgan fingerprint density at radius 2 is 1.67 bits per heavy atom. The van der Waals surface area contributed by atoms with Crippen molar-refractivity contribution in [1.82, 2.24) is 0 Å². The van der Waals surface area contributed by atoms with E-state index in [4.69, 9.17) is 5.11 Å². The monoisotopic (exact) mass is 166 g/mol. The summed E-state index contributed by atoms with van der Waals surface area (Å²) in [5.41, 5.74) is -0.0887. The van der Waals surface area contributed by atoms with Crippen molar-refractivity contribution in [3.8, 4) is 0 Å². The molecule has 12 heavy (non-hydrogen) atoms. The Balaban J connectivity index is 5.19. The van der Waals surface area contributed by atoms with Crippen molar-refractivity contribution in [3.63, 3.8) is 0 Å². The van der Waals surface area contributed by atoms with Crippen molar-refractivity contribution in [3.05, 3.63) is 23.3 Å². The lowest BCUT2D eigenvalue weighted by Gasteiger charge is -1.93. The van der Waals surface area contributed by atoms with Gasteiger partial charge in [0.15, 0.2) is 0 Å². The van der Waals surface area contributed by atoms with Gasteiger partial charge in [-0.2, -0.15) is 0 Å². The molecular weight excluding hydrogens is 160 g/mol. The van der Waals surface area contributed by atoms with E-state index in [1.807, 2.05) is 0 Å². The zero-order chi connectivity index (χ0) is 9.56. The second-order valence-electron chi connectivity index (χ2n) is 1.91. The van der Waals surface area contributed by atoms with Gasteiger partial charge >= 0.3 is 5.97 Å². The molecule has 0 aromatic rings. The number of carboxylic acids is 1. The highest BCUT2D eigenvalue weighted by molar-refractivity contribution is 5.89. The molecule has 0 aliphatic carbocycles. The molecule has 0 fully saturated rings. The fourth-order valence-electron chi connectivity index (χ4n) is 0.509. The van der Waals surface area contributed by atoms with E-state index in [2.05, 4.69) is 0 Å². The molecule has 0 rings (SSSR count). The van der Waals surface area contributed by atoms with E-state index < -0.39 is 5.97 Å². The fourth-order valence-corrected chi connectivity index (χ4v) is 0.509. The first kappa shape index (κ1) is 10.1. The van der Waals surface area contributed by atoms with Gasteiger partial charge in [-0.15, -0.1) is 0 Å². The van der Waals surface area contributed by atoms with Gasteiger partial charge in [0, 0.05) is 23.3 Å². The Kier molecular flexibility index (Phi) is 4.09. The Hall–Kier alpha value is -1.89. The first-order chi connectivity index (χ1) is 5.63. The van der Waals surface area contributed by atoms with E-state index >= 15 is 0 Å². The van der Waals surface area contributed by atoms with Crippen LogP contribution in [-0.4, -0.2) is 23.0 Å². The molecule has 0 saturated carbocycles. The number of allylic oxidation sites excluding steroid dienone is 3. The third kappa shape index (κ3) is 2.80. The Morgan fingerprint density at radius 1 is 1.25 bits per heavy atom. The molecule has 62 valence electrons. The minimum Gasteiger partial charge on any atom is -0.478 e. The number of carboxylic acid groups (broad SMARTS) is 1. The number of hydrogen-bond acceptors (Lipinski definition) is 3. The minimum absolute atomic E-state index is 0.00694. The van der Waals surface area contributed by atoms with Gasteiger partial charge in [0.25, 0.3) is 0 Å². The lowest BCUT2D eigenvalue weighted by atomic mass is 10.1. The summed E-state index contributed by atoms with van der Waals surface area (Å²) in [6.07, 6.45) is 1.74. The van der Waals surface area contributed by atoms with Crippen LogP contribution >= 0.6 is 0 Å². The maximum atomic E-state index is 10.3. The molecule has 0 saturated heterocycles. The van der Waals surface area contributed by atoms with Crippen molar-refractivity contribution in [1.29, 1.82) is 0 Å². The van der Waals surface area contributed by atoms with E-state index in [0.29, 0.717) is 0 Å². The minimum atomic E-state index is -1.19. The van der Waals surface area contributed by atoms with Crippen LogP contribution in [0.4, 0.5) is 0 Å². The summed E-state index contributed by atoms with van der Waals surface area (Å²) in [5.74, 6) is 1.57. The third-order valence-corrected chi connectivity index (χ3v) is 1.18. The standard InChI is InChI=1S/C8H6O4/c1-6(8(11)12)7(2-4-9)3-5-10/h2-3H,1H3,(H,11,12). The quantitative estimate of drug-likeness (QED) is 0.368. The molecule has 0 aliphatic heterocycles. The van der Waals surface area contributed by atoms with Gasteiger partial charge in [-0.1, -0.05) is 0 Å². The zero-order valence-electron chi connectivity index (χ0n) is 6.33. The number of hydrogen-bond donors (Lipinski definition) is 1. The van der Waals surface area contributed by atoms with Crippen LogP contribution in [-0.2, 0) is 14.4 Å². The van der Waals surface area contributed by atoms with Crippen LogP contribution in [0.3, 0.4) is 0 Å². The summed E-state index contributed by atoms with van der Waals surface area (Å²) < 4.78 is 0. The van der Waals surface area contributed by atoms with Crippen molar-refractivity contribution < 1.29 is 19.5 Å². The molecule has 0 bridgehead atoms. The molecule has 0 heterocycles. The number of aliphatic carboxylic acids is 1. The van der Waals surface area contributed by atoms with Gasteiger partial charge in [0.2, 0.25) is 0 Å². The molecule has 4 heteroatoms. The van der Waals surface area contributed by atoms with E-state index in [9.17, 15) is 14.4 Å². The van der Waals surface area contributed by atoms with Gasteiger partial charge in [-0.05, 0) is 6.92 Å². The van der Waals surface area contributed by atoms with Crippen LogP contribution in [0.2, 0.25) is 0 Å². The zero-order valence-corrected chi connectivity index (χ0v) is 6.33. The average Bonchev–Trinajstić information content (AvgIpc) is 2.03. The molecule has 0 amide bonds. The number of rotatable bonds is 3. The lowest BCUT2D eigenvalue weighted by molar-refractivity contribution is -0.132. The van der Waals surface area contributed by atoms with Gasteiger partial charge < -0.3 is 5.11 Å². The molecule has 0 atom stereocenters. The van der Waals surface area contributed by atoms with E-state index in [-0.39, 0.29) is 11.1 Å². The predicted molar refractivity (Wildman–Crippen MR) is 40.9 cm³/mol. The van der Waals surface area contributed by atoms with Crippen LogP contribution in [0, 0.1) is 0 Å². The molecule has 1 N–H and O–H groups in total. The second kappa shape index (κ2) is 4.85. The van der Waals surface area contributed by atoms with E-state index in [1.54, 1.807) is 0 Å². The van der Waals surface area contributed by atoms with Crippen LogP contribution in [0.1, 0.15) is 6.92 Å². The topological polar surface area (TPSA) is 71.4 Å². The summed E-state index contributed by atoms with van der Waals surface area (Å²) >= 11 is 0. The van der Waals surface area contributed by atoms with Crippen molar-refractivity contribution >= 4 is 17.9 Å². The smallest absolute Gasteiger partial charge is 0.331 e. The summed E-state index contributed by atoms with van der Waals surface area (Å²) in [6.45, 7) is 1.28. The molecule has 0 spiro atoms. The molecule has 4 nitrogen and oxygen atoms in total. The van der Waals surface area contributed by atoms with E-state index in [1.165, 1.54) is 18.8 Å². The Morgan fingerprint density at radius 3 is 1.92 bits per heavy atom. The molecule has 0 aliphatic rings. The van der Waals surface area contributed by atoms with Gasteiger partial charge in [0.1, 0.15) is 11.9 Å². The Bertz CT molecular complexity index is 292. The first-order valence-electron chi connectivity index (χ1n) is 2.99. The summed E-state index contributed by atoms with van der Waals surface area (Å²) in [6, 6.07) is 0. The first-order valence-corrected chi connectivity index (χ1v) is 2.99. The van der Waals surface area contributed by atoms with Gasteiger partial charge in [-0.3, -0.25) is 0 Å². The predicted octanol–water partition coefficient (Wildman–Crippen LogP) is 0.163. The maximum absolute atomic E-state index is 10.3. The molecular formula is C8H6O4. The fraction of sp³-hybridized carbons (Fsp3) is 0.125. The second-order valence-corrected chi connectivity index (χ2v) is 1.91. The van der Waals surface area contributed by atoms with Crippen molar-refractivity contribution in [2.45, 2.75) is 6.92 Å². The SMILES string of the molecule is CC(C(=O)O)=C(C=C=O)C=C=O. The third-order valence-electron chi connectivity index (χ3n) is 1.18. The van der Waals surface area contributed by atoms with Crippen LogP contribution in [0.5, 0.6) is 0 Å². The van der Waals surface area contributed by atoms with Crippen molar-refractivity contribution in [2.24, 2.45) is 0 Å². The van der Waals surface area contributed by atoms with Gasteiger partial charge in [-0.25, -0.2) is 14.4 Å². The highest BCUT2D eigenvalue weighted by atomic mass is 16.4. The van der Waals surface area contributed by atoms with Crippen LogP contribution in [0.25, 0.3) is 0 Å². The van der Waals surface area contributed by atoms with Crippen molar-refractivity contribution in [2.75, 3.05) is 0 Å². The molecule has 0 aromatic carbocycles. The van der Waals surface area contributed by atoms with Crippen LogP contribution in [0.15, 0.2) is 23.3 Å². The molecule has 0 unspecified atom stereocenters. The van der Waals surface area contributed by atoms with Gasteiger partial charge in [0.05, 0.1) is 0 Å². The Labute approximate surface area is 68.5 Å². The number of carbonyl (C=O) groups excluding carboxylic acids is 2.